The lowest BCUT2D eigenvalue weighted by Gasteiger charge is -2.19. The first-order chi connectivity index (χ1) is 14.6. The molecule has 3 aromatic rings. The third-order valence-corrected chi connectivity index (χ3v) is 6.13. The van der Waals surface area contributed by atoms with Gasteiger partial charge in [0.05, 0.1) is 10.5 Å². The van der Waals surface area contributed by atoms with Crippen molar-refractivity contribution in [2.24, 2.45) is 5.73 Å². The maximum atomic E-state index is 13.1. The van der Waals surface area contributed by atoms with Crippen molar-refractivity contribution in [2.45, 2.75) is 38.0 Å². The van der Waals surface area contributed by atoms with E-state index in [1.165, 1.54) is 6.33 Å². The molecule has 164 valence electrons. The first-order valence-electron chi connectivity index (χ1n) is 10.00. The number of sulfonamides is 1. The summed E-state index contributed by atoms with van der Waals surface area (Å²) in [6.07, 6.45) is 1.27. The molecule has 0 aliphatic rings. The van der Waals surface area contributed by atoms with Gasteiger partial charge in [0.15, 0.2) is 5.82 Å². The van der Waals surface area contributed by atoms with Crippen molar-refractivity contribution in [1.29, 1.82) is 0 Å². The predicted octanol–water partition coefficient (Wildman–Crippen LogP) is 3.89. The fourth-order valence-electron chi connectivity index (χ4n) is 3.01. The summed E-state index contributed by atoms with van der Waals surface area (Å²) in [6, 6.07) is 14.5. The molecule has 0 fully saturated rings. The van der Waals surface area contributed by atoms with Gasteiger partial charge in [0.25, 0.3) is 10.0 Å². The summed E-state index contributed by atoms with van der Waals surface area (Å²) in [5.41, 5.74) is 8.81. The Morgan fingerprint density at radius 3 is 2.23 bits per heavy atom. The zero-order chi connectivity index (χ0) is 22.6. The van der Waals surface area contributed by atoms with E-state index in [0.29, 0.717) is 12.1 Å². The lowest BCUT2D eigenvalue weighted by molar-refractivity contribution is 0.316. The molecule has 0 aliphatic heterocycles. The molecule has 0 saturated carbocycles. The average Bonchev–Trinajstić information content (AvgIpc) is 2.72. The van der Waals surface area contributed by atoms with E-state index >= 15 is 0 Å². The minimum Gasteiger partial charge on any atom is -0.476 e. The molecule has 0 atom stereocenters. The Labute approximate surface area is 183 Å². The predicted molar refractivity (Wildman–Crippen MR) is 123 cm³/mol. The summed E-state index contributed by atoms with van der Waals surface area (Å²) >= 11 is 0. The molecule has 7 nitrogen and oxygen atoms in total. The average molecular weight is 441 g/mol. The number of anilines is 1. The van der Waals surface area contributed by atoms with E-state index < -0.39 is 10.0 Å². The van der Waals surface area contributed by atoms with Crippen LogP contribution in [0, 0.1) is 6.92 Å². The summed E-state index contributed by atoms with van der Waals surface area (Å²) in [6.45, 7) is 8.75. The minimum absolute atomic E-state index is 0.0732. The smallest absolute Gasteiger partial charge is 0.263 e. The highest BCUT2D eigenvalue weighted by molar-refractivity contribution is 7.92. The zero-order valence-electron chi connectivity index (χ0n) is 18.2. The standard InChI is InChI=1S/C23H28N4O3S/c1-16-5-7-17(8-6-16)20-21(25-15-26-22(20)30-14-13-24)27-31(28,29)19-11-9-18(10-12-19)23(2,3)4/h5-12,15H,13-14,24H2,1-4H3,(H,25,26,27). The number of ether oxygens (including phenoxy) is 1. The van der Waals surface area contributed by atoms with Gasteiger partial charge in [-0.25, -0.2) is 18.4 Å². The highest BCUT2D eigenvalue weighted by Crippen LogP contribution is 2.35. The van der Waals surface area contributed by atoms with E-state index in [2.05, 4.69) is 35.5 Å². The van der Waals surface area contributed by atoms with E-state index in [1.807, 2.05) is 43.3 Å². The number of hydrogen-bond donors (Lipinski definition) is 2. The van der Waals surface area contributed by atoms with Crippen LogP contribution in [-0.2, 0) is 15.4 Å². The largest absolute Gasteiger partial charge is 0.476 e. The van der Waals surface area contributed by atoms with Crippen LogP contribution < -0.4 is 15.2 Å². The molecule has 1 aromatic heterocycles. The number of aryl methyl sites for hydroxylation is 1. The monoisotopic (exact) mass is 440 g/mol. The van der Waals surface area contributed by atoms with Gasteiger partial charge in [0, 0.05) is 6.54 Å². The van der Waals surface area contributed by atoms with Gasteiger partial charge in [0.2, 0.25) is 5.88 Å². The molecule has 8 heteroatoms. The van der Waals surface area contributed by atoms with Gasteiger partial charge in [-0.05, 0) is 35.6 Å². The third-order valence-electron chi connectivity index (χ3n) is 4.77. The SMILES string of the molecule is Cc1ccc(-c2c(NS(=O)(=O)c3ccc(C(C)(C)C)cc3)ncnc2OCCN)cc1. The van der Waals surface area contributed by atoms with Crippen LogP contribution in [0.3, 0.4) is 0 Å². The highest BCUT2D eigenvalue weighted by Gasteiger charge is 2.22. The Morgan fingerprint density at radius 2 is 1.65 bits per heavy atom. The van der Waals surface area contributed by atoms with Crippen LogP contribution in [0.1, 0.15) is 31.9 Å². The highest BCUT2D eigenvalue weighted by atomic mass is 32.2. The van der Waals surface area contributed by atoms with Crippen molar-refractivity contribution in [3.8, 4) is 17.0 Å². The van der Waals surface area contributed by atoms with Crippen LogP contribution >= 0.6 is 0 Å². The number of benzene rings is 2. The van der Waals surface area contributed by atoms with E-state index in [4.69, 9.17) is 10.5 Å². The molecule has 0 aliphatic carbocycles. The fourth-order valence-corrected chi connectivity index (χ4v) is 4.03. The topological polar surface area (TPSA) is 107 Å². The van der Waals surface area contributed by atoms with E-state index in [1.54, 1.807) is 12.1 Å². The summed E-state index contributed by atoms with van der Waals surface area (Å²) in [7, 11) is -3.87. The number of nitrogens with zero attached hydrogens (tertiary/aromatic N) is 2. The van der Waals surface area contributed by atoms with Crippen molar-refractivity contribution in [1.82, 2.24) is 9.97 Å². The molecule has 1 heterocycles. The van der Waals surface area contributed by atoms with E-state index in [9.17, 15) is 8.42 Å². The first kappa shape index (κ1) is 22.7. The molecule has 3 rings (SSSR count). The van der Waals surface area contributed by atoms with Crippen LogP contribution in [0.25, 0.3) is 11.1 Å². The van der Waals surface area contributed by atoms with E-state index in [-0.39, 0.29) is 28.6 Å². The number of nitrogens with two attached hydrogens (primary N) is 1. The number of aromatic nitrogens is 2. The lowest BCUT2D eigenvalue weighted by atomic mass is 9.87. The summed E-state index contributed by atoms with van der Waals surface area (Å²) in [4.78, 5) is 8.55. The minimum atomic E-state index is -3.87. The second-order valence-electron chi connectivity index (χ2n) is 8.29. The van der Waals surface area contributed by atoms with Crippen LogP contribution in [-0.4, -0.2) is 31.5 Å². The Hall–Kier alpha value is -2.97. The Morgan fingerprint density at radius 1 is 1.00 bits per heavy atom. The normalized spacial score (nSPS) is 11.9. The Bertz CT molecular complexity index is 1140. The summed E-state index contributed by atoms with van der Waals surface area (Å²) in [5, 5.41) is 0. The van der Waals surface area contributed by atoms with Crippen molar-refractivity contribution in [3.63, 3.8) is 0 Å². The molecule has 2 aromatic carbocycles. The van der Waals surface area contributed by atoms with E-state index in [0.717, 1.165) is 16.7 Å². The maximum absolute atomic E-state index is 13.1. The van der Waals surface area contributed by atoms with Gasteiger partial charge < -0.3 is 10.5 Å². The Kier molecular flexibility index (Phi) is 6.62. The van der Waals surface area contributed by atoms with Gasteiger partial charge in [-0.1, -0.05) is 62.7 Å². The van der Waals surface area contributed by atoms with Crippen LogP contribution in [0.15, 0.2) is 59.8 Å². The van der Waals surface area contributed by atoms with Crippen molar-refractivity contribution >= 4 is 15.8 Å². The second-order valence-corrected chi connectivity index (χ2v) is 9.97. The van der Waals surface area contributed by atoms with Crippen LogP contribution in [0.4, 0.5) is 5.82 Å². The molecule has 0 bridgehead atoms. The van der Waals surface area contributed by atoms with Gasteiger partial charge in [0.1, 0.15) is 12.9 Å². The quantitative estimate of drug-likeness (QED) is 0.577. The summed E-state index contributed by atoms with van der Waals surface area (Å²) in [5.74, 6) is 0.413. The van der Waals surface area contributed by atoms with Gasteiger partial charge in [-0.15, -0.1) is 0 Å². The lowest BCUT2D eigenvalue weighted by Crippen LogP contribution is -2.17. The zero-order valence-corrected chi connectivity index (χ0v) is 19.0. The third kappa shape index (κ3) is 5.39. The van der Waals surface area contributed by atoms with Gasteiger partial charge in [-0.2, -0.15) is 0 Å². The van der Waals surface area contributed by atoms with Gasteiger partial charge in [-0.3, -0.25) is 4.72 Å². The molecule has 31 heavy (non-hydrogen) atoms. The number of rotatable bonds is 7. The molecule has 0 saturated heterocycles. The molecule has 0 amide bonds. The second kappa shape index (κ2) is 9.03. The van der Waals surface area contributed by atoms with Crippen LogP contribution in [0.5, 0.6) is 5.88 Å². The molecule has 3 N–H and O–H groups in total. The molecule has 0 unspecified atom stereocenters. The molecule has 0 spiro atoms. The maximum Gasteiger partial charge on any atom is 0.263 e. The molecular formula is C23H28N4O3S. The number of nitrogens with one attached hydrogen (secondary N) is 1. The van der Waals surface area contributed by atoms with Crippen molar-refractivity contribution < 1.29 is 13.2 Å². The fraction of sp³-hybridized carbons (Fsp3) is 0.304. The first-order valence-corrected chi connectivity index (χ1v) is 11.5. The molecule has 0 radical (unpaired) electrons. The van der Waals surface area contributed by atoms with Crippen molar-refractivity contribution in [2.75, 3.05) is 17.9 Å². The number of hydrogen-bond acceptors (Lipinski definition) is 6. The van der Waals surface area contributed by atoms with Crippen LogP contribution in [0.2, 0.25) is 0 Å². The van der Waals surface area contributed by atoms with Gasteiger partial charge >= 0.3 is 0 Å². The summed E-state index contributed by atoms with van der Waals surface area (Å²) < 4.78 is 34.5. The van der Waals surface area contributed by atoms with Crippen molar-refractivity contribution in [3.05, 3.63) is 66.0 Å². The Balaban J connectivity index is 2.02. The molecular weight excluding hydrogens is 412 g/mol.